The maximum absolute atomic E-state index is 13.3. The van der Waals surface area contributed by atoms with Crippen molar-refractivity contribution in [3.05, 3.63) is 53.6 Å². The highest BCUT2D eigenvalue weighted by Crippen LogP contribution is 2.33. The molecule has 7 heteroatoms. The van der Waals surface area contributed by atoms with Gasteiger partial charge in [0.05, 0.1) is 14.2 Å². The zero-order chi connectivity index (χ0) is 19.7. The molecule has 1 saturated heterocycles. The van der Waals surface area contributed by atoms with Crippen molar-refractivity contribution >= 4 is 10.0 Å². The molecule has 4 rings (SSSR count). The molecule has 150 valence electrons. The molecule has 2 aliphatic heterocycles. The predicted octanol–water partition coefficient (Wildman–Crippen LogP) is 2.53. The van der Waals surface area contributed by atoms with E-state index in [1.807, 2.05) is 0 Å². The van der Waals surface area contributed by atoms with Crippen molar-refractivity contribution in [3.8, 4) is 11.5 Å². The fraction of sp³-hybridized carbons (Fsp3) is 0.429. The zero-order valence-electron chi connectivity index (χ0n) is 16.3. The van der Waals surface area contributed by atoms with Crippen molar-refractivity contribution in [2.75, 3.05) is 33.9 Å². The first-order valence-corrected chi connectivity index (χ1v) is 11.0. The Labute approximate surface area is 166 Å². The minimum Gasteiger partial charge on any atom is -0.497 e. The molecule has 2 aromatic carbocycles. The fourth-order valence-corrected chi connectivity index (χ4v) is 5.84. The number of methoxy groups -OCH3 is 2. The van der Waals surface area contributed by atoms with Gasteiger partial charge in [-0.15, -0.1) is 0 Å². The lowest BCUT2D eigenvalue weighted by atomic mass is 9.98. The van der Waals surface area contributed by atoms with E-state index in [0.717, 1.165) is 25.9 Å². The quantitative estimate of drug-likeness (QED) is 0.769. The van der Waals surface area contributed by atoms with Crippen LogP contribution < -0.4 is 9.47 Å². The summed E-state index contributed by atoms with van der Waals surface area (Å²) in [5, 5.41) is 0. The number of fused-ring (bicyclic) bond motifs is 1. The highest BCUT2D eigenvalue weighted by atomic mass is 32.2. The Morgan fingerprint density at radius 1 is 1.00 bits per heavy atom. The average molecular weight is 403 g/mol. The van der Waals surface area contributed by atoms with E-state index in [1.165, 1.54) is 25.3 Å². The van der Waals surface area contributed by atoms with Gasteiger partial charge in [-0.3, -0.25) is 4.90 Å². The Hall–Kier alpha value is -2.09. The Morgan fingerprint density at radius 2 is 1.79 bits per heavy atom. The summed E-state index contributed by atoms with van der Waals surface area (Å²) < 4.78 is 38.7. The first-order valence-electron chi connectivity index (χ1n) is 9.56. The highest BCUT2D eigenvalue weighted by molar-refractivity contribution is 7.89. The SMILES string of the molecule is COc1ccc(OC)c(S(=O)(=O)N2CCC(N3CCc4ccccc4C3)C2)c1. The number of rotatable bonds is 5. The molecule has 2 heterocycles. The number of sulfonamides is 1. The van der Waals surface area contributed by atoms with Gasteiger partial charge < -0.3 is 9.47 Å². The third-order valence-electron chi connectivity index (χ3n) is 5.79. The fourth-order valence-electron chi connectivity index (χ4n) is 4.18. The van der Waals surface area contributed by atoms with E-state index in [0.29, 0.717) is 24.6 Å². The number of nitrogens with zero attached hydrogens (tertiary/aromatic N) is 2. The van der Waals surface area contributed by atoms with Gasteiger partial charge in [0.15, 0.2) is 0 Å². The summed E-state index contributed by atoms with van der Waals surface area (Å²) in [5.74, 6) is 0.846. The second-order valence-corrected chi connectivity index (χ2v) is 9.22. The molecule has 28 heavy (non-hydrogen) atoms. The first kappa shape index (κ1) is 19.2. The van der Waals surface area contributed by atoms with Gasteiger partial charge in [-0.05, 0) is 36.1 Å². The summed E-state index contributed by atoms with van der Waals surface area (Å²) in [6.07, 6.45) is 1.86. The summed E-state index contributed by atoms with van der Waals surface area (Å²) in [7, 11) is -0.633. The molecule has 1 fully saturated rings. The molecule has 0 radical (unpaired) electrons. The smallest absolute Gasteiger partial charge is 0.246 e. The van der Waals surface area contributed by atoms with Crippen LogP contribution in [0, 0.1) is 0 Å². The summed E-state index contributed by atoms with van der Waals surface area (Å²) in [4.78, 5) is 2.58. The van der Waals surface area contributed by atoms with Gasteiger partial charge in [-0.2, -0.15) is 4.31 Å². The Morgan fingerprint density at radius 3 is 2.54 bits per heavy atom. The van der Waals surface area contributed by atoms with Crippen molar-refractivity contribution in [2.24, 2.45) is 0 Å². The Balaban J connectivity index is 1.53. The summed E-state index contributed by atoms with van der Waals surface area (Å²) in [5.41, 5.74) is 2.76. The normalized spacial score (nSPS) is 20.7. The first-order chi connectivity index (χ1) is 13.5. The second kappa shape index (κ2) is 7.73. The number of hydrogen-bond acceptors (Lipinski definition) is 5. The van der Waals surface area contributed by atoms with Crippen LogP contribution in [-0.2, 0) is 23.0 Å². The van der Waals surface area contributed by atoms with Crippen LogP contribution in [0.1, 0.15) is 17.5 Å². The van der Waals surface area contributed by atoms with Gasteiger partial charge in [-0.25, -0.2) is 8.42 Å². The van der Waals surface area contributed by atoms with Crippen LogP contribution in [0.5, 0.6) is 11.5 Å². The van der Waals surface area contributed by atoms with Crippen molar-refractivity contribution in [1.29, 1.82) is 0 Å². The Bertz CT molecular complexity index is 961. The lowest BCUT2D eigenvalue weighted by molar-refractivity contribution is 0.185. The van der Waals surface area contributed by atoms with Gasteiger partial charge in [-0.1, -0.05) is 24.3 Å². The lowest BCUT2D eigenvalue weighted by Crippen LogP contribution is -2.41. The number of benzene rings is 2. The van der Waals surface area contributed by atoms with Crippen LogP contribution in [-0.4, -0.2) is 57.5 Å². The molecule has 0 spiro atoms. The van der Waals surface area contributed by atoms with Gasteiger partial charge >= 0.3 is 0 Å². The van der Waals surface area contributed by atoms with Gasteiger partial charge in [0.1, 0.15) is 16.4 Å². The molecule has 2 aliphatic rings. The average Bonchev–Trinajstić information content (AvgIpc) is 3.24. The van der Waals surface area contributed by atoms with Crippen molar-refractivity contribution < 1.29 is 17.9 Å². The van der Waals surface area contributed by atoms with Crippen LogP contribution in [0.3, 0.4) is 0 Å². The molecule has 0 saturated carbocycles. The summed E-state index contributed by atoms with van der Waals surface area (Å²) >= 11 is 0. The molecule has 1 unspecified atom stereocenters. The maximum Gasteiger partial charge on any atom is 0.246 e. The molecule has 6 nitrogen and oxygen atoms in total. The van der Waals surface area contributed by atoms with E-state index in [1.54, 1.807) is 22.5 Å². The molecular formula is C21H26N2O4S. The van der Waals surface area contributed by atoms with Gasteiger partial charge in [0.25, 0.3) is 0 Å². The summed E-state index contributed by atoms with van der Waals surface area (Å²) in [6, 6.07) is 13.6. The van der Waals surface area contributed by atoms with Crippen LogP contribution in [0.25, 0.3) is 0 Å². The topological polar surface area (TPSA) is 59.1 Å². The van der Waals surface area contributed by atoms with Crippen LogP contribution in [0.15, 0.2) is 47.4 Å². The molecular weight excluding hydrogens is 376 g/mol. The molecule has 0 bridgehead atoms. The van der Waals surface area contributed by atoms with Crippen molar-refractivity contribution in [2.45, 2.75) is 30.3 Å². The van der Waals surface area contributed by atoms with E-state index in [-0.39, 0.29) is 10.9 Å². The number of ether oxygens (including phenoxy) is 2. The van der Waals surface area contributed by atoms with Crippen molar-refractivity contribution in [1.82, 2.24) is 9.21 Å². The minimum atomic E-state index is -3.64. The van der Waals surface area contributed by atoms with E-state index in [9.17, 15) is 8.42 Å². The minimum absolute atomic E-state index is 0.166. The van der Waals surface area contributed by atoms with Gasteiger partial charge in [0, 0.05) is 38.3 Å². The van der Waals surface area contributed by atoms with Crippen LogP contribution in [0.4, 0.5) is 0 Å². The van der Waals surface area contributed by atoms with E-state index < -0.39 is 10.0 Å². The molecule has 2 aromatic rings. The molecule has 0 amide bonds. The summed E-state index contributed by atoms with van der Waals surface area (Å²) in [6.45, 7) is 2.88. The molecule has 0 N–H and O–H groups in total. The van der Waals surface area contributed by atoms with E-state index in [2.05, 4.69) is 29.2 Å². The molecule has 0 aromatic heterocycles. The van der Waals surface area contributed by atoms with E-state index in [4.69, 9.17) is 9.47 Å². The molecule has 0 aliphatic carbocycles. The lowest BCUT2D eigenvalue weighted by Gasteiger charge is -2.33. The third kappa shape index (κ3) is 3.50. The third-order valence-corrected chi connectivity index (χ3v) is 7.68. The Kier molecular flexibility index (Phi) is 5.31. The second-order valence-electron chi connectivity index (χ2n) is 7.31. The monoisotopic (exact) mass is 402 g/mol. The van der Waals surface area contributed by atoms with Gasteiger partial charge in [0.2, 0.25) is 10.0 Å². The largest absolute Gasteiger partial charge is 0.497 e. The van der Waals surface area contributed by atoms with Crippen LogP contribution >= 0.6 is 0 Å². The predicted molar refractivity (Wildman–Crippen MR) is 107 cm³/mol. The molecule has 1 atom stereocenters. The number of hydrogen-bond donors (Lipinski definition) is 0. The zero-order valence-corrected chi connectivity index (χ0v) is 17.1. The highest BCUT2D eigenvalue weighted by Gasteiger charge is 2.37. The maximum atomic E-state index is 13.3. The van der Waals surface area contributed by atoms with Crippen LogP contribution in [0.2, 0.25) is 0 Å². The van der Waals surface area contributed by atoms with Crippen molar-refractivity contribution in [3.63, 3.8) is 0 Å². The van der Waals surface area contributed by atoms with E-state index >= 15 is 0 Å². The standard InChI is InChI=1S/C21H26N2O4S/c1-26-19-7-8-20(27-2)21(13-19)28(24,25)23-12-10-18(15-23)22-11-9-16-5-3-4-6-17(16)14-22/h3-8,13,18H,9-12,14-15H2,1-2H3.